The Balaban J connectivity index is 2.21. The van der Waals surface area contributed by atoms with Crippen LogP contribution in [0.4, 0.5) is 0 Å². The predicted molar refractivity (Wildman–Crippen MR) is 65.4 cm³/mol. The lowest BCUT2D eigenvalue weighted by Gasteiger charge is -2.51. The highest BCUT2D eigenvalue weighted by Crippen LogP contribution is 2.66. The number of carbonyl (C=O) groups excluding carboxylic acids is 2. The summed E-state index contributed by atoms with van der Waals surface area (Å²) in [6, 6.07) is 0. The fourth-order valence-electron chi connectivity index (χ4n) is 4.76. The third-order valence-electron chi connectivity index (χ3n) is 5.82. The molecule has 2 bridgehead atoms. The van der Waals surface area contributed by atoms with E-state index in [9.17, 15) is 9.59 Å². The second-order valence-corrected chi connectivity index (χ2v) is 6.59. The number of hydrogen-bond acceptors (Lipinski definition) is 2. The van der Waals surface area contributed by atoms with Crippen LogP contribution in [0.15, 0.2) is 11.6 Å². The van der Waals surface area contributed by atoms with Gasteiger partial charge >= 0.3 is 0 Å². The maximum absolute atomic E-state index is 12.7. The monoisotopic (exact) mass is 232 g/mol. The first-order valence-electron chi connectivity index (χ1n) is 6.67. The number of Topliss-reactive ketones (excluding diaryl/α,β-unsaturated/α-hetero) is 1. The summed E-state index contributed by atoms with van der Waals surface area (Å²) in [4.78, 5) is 24.5. The van der Waals surface area contributed by atoms with Crippen LogP contribution in [0.1, 0.15) is 46.5 Å². The van der Waals surface area contributed by atoms with E-state index in [-0.39, 0.29) is 22.5 Å². The van der Waals surface area contributed by atoms with Gasteiger partial charge in [-0.15, -0.1) is 0 Å². The Bertz CT molecular complexity index is 448. The lowest BCUT2D eigenvalue weighted by molar-refractivity contribution is -0.136. The van der Waals surface area contributed by atoms with E-state index in [1.807, 2.05) is 6.92 Å². The summed E-state index contributed by atoms with van der Waals surface area (Å²) in [6.45, 7) is 6.23. The first-order valence-corrected chi connectivity index (χ1v) is 6.67. The second kappa shape index (κ2) is 3.09. The fraction of sp³-hybridized carbons (Fsp3) is 0.733. The number of rotatable bonds is 0. The van der Waals surface area contributed by atoms with Gasteiger partial charge in [-0.2, -0.15) is 0 Å². The van der Waals surface area contributed by atoms with Crippen LogP contribution in [0.5, 0.6) is 0 Å². The molecule has 0 saturated heterocycles. The Labute approximate surface area is 102 Å². The molecule has 0 amide bonds. The molecule has 2 heteroatoms. The van der Waals surface area contributed by atoms with E-state index < -0.39 is 0 Å². The number of ketones is 2. The summed E-state index contributed by atoms with van der Waals surface area (Å²) in [5.41, 5.74) is 0.625. The zero-order valence-electron chi connectivity index (χ0n) is 10.9. The summed E-state index contributed by atoms with van der Waals surface area (Å²) in [7, 11) is 0. The smallest absolute Gasteiger partial charge is 0.156 e. The molecule has 2 nitrogen and oxygen atoms in total. The first kappa shape index (κ1) is 11.2. The van der Waals surface area contributed by atoms with Crippen molar-refractivity contribution < 1.29 is 9.59 Å². The lowest BCUT2D eigenvalue weighted by atomic mass is 9.51. The maximum Gasteiger partial charge on any atom is 0.156 e. The van der Waals surface area contributed by atoms with Gasteiger partial charge in [-0.1, -0.05) is 19.4 Å². The maximum atomic E-state index is 12.7. The van der Waals surface area contributed by atoms with Crippen LogP contribution in [-0.2, 0) is 9.59 Å². The summed E-state index contributed by atoms with van der Waals surface area (Å²) >= 11 is 0. The van der Waals surface area contributed by atoms with Gasteiger partial charge in [0.2, 0.25) is 0 Å². The molecule has 4 unspecified atom stereocenters. The van der Waals surface area contributed by atoms with Crippen molar-refractivity contribution >= 4 is 11.6 Å². The number of fused-ring (bicyclic) bond motifs is 1. The van der Waals surface area contributed by atoms with Crippen LogP contribution in [-0.4, -0.2) is 11.6 Å². The van der Waals surface area contributed by atoms with Gasteiger partial charge in [0.25, 0.3) is 0 Å². The summed E-state index contributed by atoms with van der Waals surface area (Å²) in [5.74, 6) is 1.35. The molecule has 0 aromatic rings. The first-order chi connectivity index (χ1) is 7.91. The average Bonchev–Trinajstić information content (AvgIpc) is 2.46. The molecular formula is C15H20O2. The van der Waals surface area contributed by atoms with Crippen LogP contribution in [0.2, 0.25) is 0 Å². The normalized spacial score (nSPS) is 49.0. The molecule has 0 N–H and O–H groups in total. The molecule has 0 aromatic carbocycles. The largest absolute Gasteiger partial charge is 0.298 e. The van der Waals surface area contributed by atoms with Gasteiger partial charge in [-0.3, -0.25) is 9.59 Å². The van der Waals surface area contributed by atoms with Crippen molar-refractivity contribution in [3.63, 3.8) is 0 Å². The van der Waals surface area contributed by atoms with Crippen LogP contribution in [0, 0.1) is 22.7 Å². The standard InChI is InChI=1S/C15H20O2/c1-9-6-12(16)8-14(3)5-4-11-7-15(9,14)13(17)10(11)2/h6,10-11H,4-5,7-8H2,1-3H3. The Morgan fingerprint density at radius 3 is 2.76 bits per heavy atom. The van der Waals surface area contributed by atoms with Crippen molar-refractivity contribution in [3.8, 4) is 0 Å². The lowest BCUT2D eigenvalue weighted by Crippen LogP contribution is -2.49. The Hall–Kier alpha value is -0.920. The van der Waals surface area contributed by atoms with Crippen molar-refractivity contribution in [2.75, 3.05) is 0 Å². The molecule has 0 heterocycles. The fourth-order valence-corrected chi connectivity index (χ4v) is 4.76. The Morgan fingerprint density at radius 2 is 2.06 bits per heavy atom. The van der Waals surface area contributed by atoms with E-state index in [1.165, 1.54) is 0 Å². The predicted octanol–water partition coefficient (Wildman–Crippen LogP) is 2.92. The van der Waals surface area contributed by atoms with E-state index in [4.69, 9.17) is 0 Å². The number of allylic oxidation sites excluding steroid dienone is 2. The highest BCUT2D eigenvalue weighted by molar-refractivity contribution is 6.00. The summed E-state index contributed by atoms with van der Waals surface area (Å²) < 4.78 is 0. The van der Waals surface area contributed by atoms with Gasteiger partial charge < -0.3 is 0 Å². The minimum Gasteiger partial charge on any atom is -0.298 e. The van der Waals surface area contributed by atoms with Gasteiger partial charge in [0.1, 0.15) is 5.78 Å². The topological polar surface area (TPSA) is 34.1 Å². The van der Waals surface area contributed by atoms with Gasteiger partial charge in [0.05, 0.1) is 5.41 Å². The van der Waals surface area contributed by atoms with Crippen molar-refractivity contribution in [1.82, 2.24) is 0 Å². The van der Waals surface area contributed by atoms with Crippen molar-refractivity contribution in [2.45, 2.75) is 46.5 Å². The molecule has 4 atom stereocenters. The van der Waals surface area contributed by atoms with Gasteiger partial charge in [0.15, 0.2) is 5.78 Å². The minimum absolute atomic E-state index is 0.110. The van der Waals surface area contributed by atoms with E-state index in [1.54, 1.807) is 6.08 Å². The Morgan fingerprint density at radius 1 is 1.35 bits per heavy atom. The summed E-state index contributed by atoms with van der Waals surface area (Å²) in [5, 5.41) is 0. The quantitative estimate of drug-likeness (QED) is 0.643. The third kappa shape index (κ3) is 1.12. The highest BCUT2D eigenvalue weighted by Gasteiger charge is 2.65. The van der Waals surface area contributed by atoms with Gasteiger partial charge in [-0.05, 0) is 43.6 Å². The van der Waals surface area contributed by atoms with E-state index in [2.05, 4.69) is 13.8 Å². The van der Waals surface area contributed by atoms with E-state index >= 15 is 0 Å². The number of hydrogen-bond donors (Lipinski definition) is 0. The van der Waals surface area contributed by atoms with E-state index in [0.29, 0.717) is 18.1 Å². The molecule has 3 rings (SSSR count). The molecular weight excluding hydrogens is 212 g/mol. The summed E-state index contributed by atoms with van der Waals surface area (Å²) in [6.07, 6.45) is 5.44. The van der Waals surface area contributed by atoms with Crippen LogP contribution in [0.25, 0.3) is 0 Å². The molecule has 3 aliphatic rings. The molecule has 0 aliphatic heterocycles. The molecule has 2 saturated carbocycles. The molecule has 0 radical (unpaired) electrons. The minimum atomic E-state index is -0.302. The van der Waals surface area contributed by atoms with Crippen LogP contribution >= 0.6 is 0 Å². The zero-order chi connectivity index (χ0) is 12.4. The zero-order valence-corrected chi connectivity index (χ0v) is 10.9. The molecule has 0 aromatic heterocycles. The van der Waals surface area contributed by atoms with Crippen molar-refractivity contribution in [3.05, 3.63) is 11.6 Å². The van der Waals surface area contributed by atoms with Crippen LogP contribution in [0.3, 0.4) is 0 Å². The van der Waals surface area contributed by atoms with Gasteiger partial charge in [-0.25, -0.2) is 0 Å². The van der Waals surface area contributed by atoms with Gasteiger partial charge in [0, 0.05) is 12.3 Å². The van der Waals surface area contributed by atoms with Crippen LogP contribution < -0.4 is 0 Å². The molecule has 17 heavy (non-hydrogen) atoms. The van der Waals surface area contributed by atoms with Crippen molar-refractivity contribution in [1.29, 1.82) is 0 Å². The Kier molecular flexibility index (Phi) is 2.04. The SMILES string of the molecule is CC1=CC(=O)CC2(C)CCC3CC12C(=O)C3C. The molecule has 92 valence electrons. The molecule has 1 spiro atoms. The van der Waals surface area contributed by atoms with Crippen molar-refractivity contribution in [2.24, 2.45) is 22.7 Å². The average molecular weight is 232 g/mol. The molecule has 3 aliphatic carbocycles. The highest BCUT2D eigenvalue weighted by atomic mass is 16.1. The number of carbonyl (C=O) groups is 2. The van der Waals surface area contributed by atoms with E-state index in [0.717, 1.165) is 24.8 Å². The molecule has 2 fully saturated rings. The second-order valence-electron chi connectivity index (χ2n) is 6.59. The third-order valence-corrected chi connectivity index (χ3v) is 5.82.